The monoisotopic (exact) mass is 809 g/mol. The van der Waals surface area contributed by atoms with Crippen LogP contribution in [0.2, 0.25) is 0 Å². The number of esters is 1. The van der Waals surface area contributed by atoms with Crippen molar-refractivity contribution in [1.29, 1.82) is 0 Å². The molecule has 1 fully saturated rings. The molecule has 1 aliphatic heterocycles. The highest BCUT2D eigenvalue weighted by molar-refractivity contribution is 5.69. The summed E-state index contributed by atoms with van der Waals surface area (Å²) in [5.74, 6) is -0.413. The van der Waals surface area contributed by atoms with Gasteiger partial charge in [-0.1, -0.05) is 142 Å². The molecule has 4 N–H and O–H groups in total. The van der Waals surface area contributed by atoms with Gasteiger partial charge in [-0.05, 0) is 89.9 Å². The molecule has 0 aromatic heterocycles. The van der Waals surface area contributed by atoms with Crippen LogP contribution in [0.25, 0.3) is 0 Å². The van der Waals surface area contributed by atoms with Gasteiger partial charge in [0.1, 0.15) is 30.5 Å². The summed E-state index contributed by atoms with van der Waals surface area (Å²) in [5, 5.41) is 40.1. The fourth-order valence-corrected chi connectivity index (χ4v) is 5.56. The zero-order valence-corrected chi connectivity index (χ0v) is 35.5. The van der Waals surface area contributed by atoms with Crippen LogP contribution in [0.3, 0.4) is 0 Å². The van der Waals surface area contributed by atoms with Crippen molar-refractivity contribution in [2.24, 2.45) is 0 Å². The van der Waals surface area contributed by atoms with E-state index in [1.807, 2.05) is 12.2 Å². The van der Waals surface area contributed by atoms with Gasteiger partial charge in [-0.3, -0.25) is 4.79 Å². The van der Waals surface area contributed by atoms with Gasteiger partial charge < -0.3 is 39.4 Å². The summed E-state index contributed by atoms with van der Waals surface area (Å²) in [4.78, 5) is 12.7. The summed E-state index contributed by atoms with van der Waals surface area (Å²) in [6.45, 7) is 4.12. The number of allylic oxidation sites excluding steroid dienone is 20. The summed E-state index contributed by atoms with van der Waals surface area (Å²) >= 11 is 0. The highest BCUT2D eigenvalue weighted by atomic mass is 16.7. The summed E-state index contributed by atoms with van der Waals surface area (Å²) in [6, 6.07) is 0. The molecule has 1 saturated heterocycles. The molecular weight excluding hydrogens is 733 g/mol. The van der Waals surface area contributed by atoms with Gasteiger partial charge in [0.2, 0.25) is 0 Å². The molecule has 6 atom stereocenters. The van der Waals surface area contributed by atoms with E-state index < -0.39 is 49.4 Å². The van der Waals surface area contributed by atoms with Gasteiger partial charge in [-0.2, -0.15) is 0 Å². The fourth-order valence-electron chi connectivity index (χ4n) is 5.56. The number of hydrogen-bond acceptors (Lipinski definition) is 9. The van der Waals surface area contributed by atoms with Gasteiger partial charge in [-0.15, -0.1) is 0 Å². The second-order valence-corrected chi connectivity index (χ2v) is 14.0. The number of carbonyl (C=O) groups is 1. The van der Waals surface area contributed by atoms with Crippen LogP contribution in [-0.2, 0) is 23.7 Å². The number of aliphatic hydroxyl groups excluding tert-OH is 4. The van der Waals surface area contributed by atoms with Crippen LogP contribution >= 0.6 is 0 Å². The van der Waals surface area contributed by atoms with Crippen LogP contribution in [0.4, 0.5) is 0 Å². The quantitative estimate of drug-likeness (QED) is 0.0285. The largest absolute Gasteiger partial charge is 0.457 e. The van der Waals surface area contributed by atoms with E-state index in [0.29, 0.717) is 13.0 Å². The Morgan fingerprint density at radius 3 is 1.47 bits per heavy atom. The summed E-state index contributed by atoms with van der Waals surface area (Å²) in [6.07, 6.45) is 49.5. The Labute approximate surface area is 350 Å². The van der Waals surface area contributed by atoms with Crippen molar-refractivity contribution >= 4 is 5.97 Å². The minimum atomic E-state index is -1.56. The second kappa shape index (κ2) is 39.1. The summed E-state index contributed by atoms with van der Waals surface area (Å²) in [5.41, 5.74) is 0. The lowest BCUT2D eigenvalue weighted by molar-refractivity contribution is -0.305. The molecule has 0 amide bonds. The van der Waals surface area contributed by atoms with Crippen molar-refractivity contribution in [3.8, 4) is 0 Å². The van der Waals surface area contributed by atoms with Crippen molar-refractivity contribution in [3.63, 3.8) is 0 Å². The maximum Gasteiger partial charge on any atom is 0.306 e. The topological polar surface area (TPSA) is 135 Å². The minimum Gasteiger partial charge on any atom is -0.457 e. The lowest BCUT2D eigenvalue weighted by atomic mass is 9.99. The van der Waals surface area contributed by atoms with Crippen LogP contribution < -0.4 is 0 Å². The molecule has 0 aliphatic carbocycles. The molecule has 9 heteroatoms. The Bertz CT molecular complexity index is 1290. The first-order valence-corrected chi connectivity index (χ1v) is 21.6. The summed E-state index contributed by atoms with van der Waals surface area (Å²) in [7, 11) is 0. The van der Waals surface area contributed by atoms with Gasteiger partial charge >= 0.3 is 5.97 Å². The maximum absolute atomic E-state index is 12.7. The normalized spacial score (nSPS) is 21.5. The van der Waals surface area contributed by atoms with Crippen LogP contribution in [0, 0.1) is 0 Å². The fraction of sp³-hybridized carbons (Fsp3) is 0.571. The second-order valence-electron chi connectivity index (χ2n) is 14.0. The third kappa shape index (κ3) is 29.8. The standard InChI is InChI=1S/C49H76O9/c1-3-5-7-9-11-13-15-17-19-21-22-23-24-26-28-30-32-34-36-38-45(51)57-43(42-56-49-48(54)47(53)46(52)44(40-50)58-49)41-55-39-37-35-33-31-29-27-25-20-18-16-14-12-10-8-6-4-2/h5-8,11-14,17-20,22-23,26-29,32,34,43-44,46-50,52-54H,3-4,9-10,15-16,21,24-25,30-31,33,35-42H2,1-2H3/b7-5-,8-6-,13-11-,14-12-,19-17-,20-18-,23-22-,28-26-,29-27-,34-32-. The first-order valence-electron chi connectivity index (χ1n) is 21.6. The van der Waals surface area contributed by atoms with Crippen molar-refractivity contribution < 1.29 is 44.2 Å². The molecule has 0 aromatic rings. The van der Waals surface area contributed by atoms with E-state index in [0.717, 1.165) is 89.9 Å². The lowest BCUT2D eigenvalue weighted by Crippen LogP contribution is -2.59. The summed E-state index contributed by atoms with van der Waals surface area (Å²) < 4.78 is 22.6. The first-order chi connectivity index (χ1) is 28.4. The average molecular weight is 809 g/mol. The third-order valence-corrected chi connectivity index (χ3v) is 8.89. The predicted octanol–water partition coefficient (Wildman–Crippen LogP) is 9.57. The molecule has 1 aliphatic rings. The molecule has 0 aromatic carbocycles. The van der Waals surface area contributed by atoms with Crippen LogP contribution in [0.15, 0.2) is 122 Å². The highest BCUT2D eigenvalue weighted by Gasteiger charge is 2.44. The Hall–Kier alpha value is -3.41. The lowest BCUT2D eigenvalue weighted by Gasteiger charge is -2.39. The smallest absolute Gasteiger partial charge is 0.306 e. The zero-order chi connectivity index (χ0) is 42.2. The molecule has 0 saturated carbocycles. The van der Waals surface area contributed by atoms with E-state index in [-0.39, 0.29) is 19.6 Å². The SMILES string of the molecule is CC/C=C\C/C=C\C/C=C\C/C=C\C/C=C\C/C=C\CCC(=O)OC(COCCCCC/C=C\C/C=C\C/C=C\C/C=C\CC)COC1OC(CO)C(O)C(O)C1O. The Balaban J connectivity index is 2.39. The molecule has 6 unspecified atom stereocenters. The van der Waals surface area contributed by atoms with E-state index in [2.05, 4.69) is 123 Å². The van der Waals surface area contributed by atoms with Crippen LogP contribution in [0.5, 0.6) is 0 Å². The van der Waals surface area contributed by atoms with Gasteiger partial charge in [0.05, 0.1) is 19.8 Å². The van der Waals surface area contributed by atoms with Gasteiger partial charge in [0, 0.05) is 13.0 Å². The molecule has 9 nitrogen and oxygen atoms in total. The van der Waals surface area contributed by atoms with Gasteiger partial charge in [0.25, 0.3) is 0 Å². The number of rotatable bonds is 34. The van der Waals surface area contributed by atoms with Crippen LogP contribution in [-0.4, -0.2) is 89.6 Å². The van der Waals surface area contributed by atoms with Crippen molar-refractivity contribution in [1.82, 2.24) is 0 Å². The number of hydrogen-bond donors (Lipinski definition) is 4. The highest BCUT2D eigenvalue weighted by Crippen LogP contribution is 2.22. The van der Waals surface area contributed by atoms with Crippen molar-refractivity contribution in [2.75, 3.05) is 26.4 Å². The molecule has 1 heterocycles. The number of aliphatic hydroxyl groups is 4. The van der Waals surface area contributed by atoms with Gasteiger partial charge in [-0.25, -0.2) is 0 Å². The van der Waals surface area contributed by atoms with E-state index in [4.69, 9.17) is 18.9 Å². The Kier molecular flexibility index (Phi) is 35.4. The molecule has 0 radical (unpaired) electrons. The molecule has 326 valence electrons. The predicted molar refractivity (Wildman–Crippen MR) is 237 cm³/mol. The number of unbranched alkanes of at least 4 members (excludes halogenated alkanes) is 3. The molecular formula is C49H76O9. The number of carbonyl (C=O) groups excluding carboxylic acids is 1. The Morgan fingerprint density at radius 2 is 1.00 bits per heavy atom. The molecule has 0 spiro atoms. The Morgan fingerprint density at radius 1 is 0.552 bits per heavy atom. The van der Waals surface area contributed by atoms with E-state index in [9.17, 15) is 25.2 Å². The van der Waals surface area contributed by atoms with Gasteiger partial charge in [0.15, 0.2) is 6.29 Å². The molecule has 1 rings (SSSR count). The van der Waals surface area contributed by atoms with E-state index in [1.54, 1.807) is 0 Å². The maximum atomic E-state index is 12.7. The first kappa shape index (κ1) is 52.6. The van der Waals surface area contributed by atoms with Crippen LogP contribution in [0.1, 0.15) is 117 Å². The average Bonchev–Trinajstić information content (AvgIpc) is 3.22. The van der Waals surface area contributed by atoms with E-state index in [1.165, 1.54) is 0 Å². The van der Waals surface area contributed by atoms with E-state index >= 15 is 0 Å². The molecule has 58 heavy (non-hydrogen) atoms. The molecule has 0 bridgehead atoms. The third-order valence-electron chi connectivity index (χ3n) is 8.89. The minimum absolute atomic E-state index is 0.0833. The van der Waals surface area contributed by atoms with Crippen molar-refractivity contribution in [3.05, 3.63) is 122 Å². The number of ether oxygens (including phenoxy) is 4. The zero-order valence-electron chi connectivity index (χ0n) is 35.5. The van der Waals surface area contributed by atoms with Crippen molar-refractivity contribution in [2.45, 2.75) is 153 Å².